The van der Waals surface area contributed by atoms with Gasteiger partial charge in [-0.15, -0.1) is 0 Å². The van der Waals surface area contributed by atoms with E-state index in [-0.39, 0.29) is 37.9 Å². The highest BCUT2D eigenvalue weighted by molar-refractivity contribution is 7.94. The molecule has 0 unspecified atom stereocenters. The number of amidine groups is 1. The van der Waals surface area contributed by atoms with Crippen LogP contribution in [0.15, 0.2) is 48.5 Å². The molecule has 176 valence electrons. The number of hydrogen-bond donors (Lipinski definition) is 2. The van der Waals surface area contributed by atoms with E-state index in [0.29, 0.717) is 23.4 Å². The van der Waals surface area contributed by atoms with Gasteiger partial charge in [-0.05, 0) is 55.3 Å². The van der Waals surface area contributed by atoms with E-state index in [1.807, 2.05) is 0 Å². The Labute approximate surface area is 192 Å². The van der Waals surface area contributed by atoms with Crippen LogP contribution in [-0.2, 0) is 30.9 Å². The largest absolute Gasteiger partial charge is 0.469 e. The summed E-state index contributed by atoms with van der Waals surface area (Å²) in [5, 5.41) is 10.3. The Bertz CT molecular complexity index is 1120. The van der Waals surface area contributed by atoms with Crippen LogP contribution in [0.2, 0.25) is 0 Å². The summed E-state index contributed by atoms with van der Waals surface area (Å²) in [7, 11) is -2.45. The van der Waals surface area contributed by atoms with E-state index in [1.54, 1.807) is 55.5 Å². The van der Waals surface area contributed by atoms with Crippen molar-refractivity contribution in [1.29, 1.82) is 5.41 Å². The second-order valence-electron chi connectivity index (χ2n) is 7.16. The van der Waals surface area contributed by atoms with Gasteiger partial charge in [-0.25, -0.2) is 4.79 Å². The lowest BCUT2D eigenvalue weighted by Crippen LogP contribution is -2.33. The van der Waals surface area contributed by atoms with E-state index >= 15 is 0 Å². The maximum atomic E-state index is 13.1. The lowest BCUT2D eigenvalue weighted by molar-refractivity contribution is -0.140. The van der Waals surface area contributed by atoms with Crippen LogP contribution in [0.3, 0.4) is 0 Å². The molecule has 0 saturated carbocycles. The van der Waals surface area contributed by atoms with Crippen molar-refractivity contribution in [3.05, 3.63) is 59.7 Å². The number of amides is 1. The normalized spacial score (nSPS) is 14.6. The minimum absolute atomic E-state index is 0.141. The Morgan fingerprint density at radius 1 is 1.00 bits per heavy atom. The highest BCUT2D eigenvalue weighted by Gasteiger charge is 2.36. The van der Waals surface area contributed by atoms with Gasteiger partial charge in [0.15, 0.2) is 0 Å². The molecule has 0 spiro atoms. The lowest BCUT2D eigenvalue weighted by atomic mass is 10.1. The Morgan fingerprint density at radius 3 is 2.06 bits per heavy atom. The molecule has 1 amide bonds. The maximum Gasteiger partial charge on any atom is 0.412 e. The molecular formula is C22H26N4O6S. The minimum atomic E-state index is -3.79. The zero-order valence-electron chi connectivity index (χ0n) is 18.4. The lowest BCUT2D eigenvalue weighted by Gasteiger charge is -2.21. The minimum Gasteiger partial charge on any atom is -0.469 e. The summed E-state index contributed by atoms with van der Waals surface area (Å²) in [6.45, 7) is 2.41. The molecule has 33 heavy (non-hydrogen) atoms. The third-order valence-corrected chi connectivity index (χ3v) is 6.98. The fraction of sp³-hybridized carbons (Fsp3) is 0.318. The number of nitrogens with one attached hydrogen (secondary N) is 2. The van der Waals surface area contributed by atoms with E-state index in [0.717, 1.165) is 5.56 Å². The fourth-order valence-electron chi connectivity index (χ4n) is 3.37. The van der Waals surface area contributed by atoms with Gasteiger partial charge in [0, 0.05) is 12.0 Å². The quantitative estimate of drug-likeness (QED) is 0.360. The van der Waals surface area contributed by atoms with Crippen LogP contribution < -0.4 is 13.9 Å². The molecule has 1 fully saturated rings. The first-order chi connectivity index (χ1) is 15.8. The third-order valence-electron chi connectivity index (χ3n) is 5.08. The monoisotopic (exact) mass is 474 g/mol. The van der Waals surface area contributed by atoms with Gasteiger partial charge in [0.05, 0.1) is 38.2 Å². The van der Waals surface area contributed by atoms with Crippen LogP contribution in [0, 0.1) is 5.41 Å². The number of rotatable bonds is 7. The number of nitrogens with zero attached hydrogens (tertiary/aromatic N) is 2. The molecule has 0 bridgehead atoms. The Morgan fingerprint density at radius 2 is 1.55 bits per heavy atom. The Hall–Kier alpha value is -3.60. The van der Waals surface area contributed by atoms with Gasteiger partial charge in [-0.2, -0.15) is 8.42 Å². The highest BCUT2D eigenvalue weighted by atomic mass is 32.2. The van der Waals surface area contributed by atoms with Crippen LogP contribution in [0.4, 0.5) is 16.2 Å². The van der Waals surface area contributed by atoms with E-state index in [9.17, 15) is 18.0 Å². The van der Waals surface area contributed by atoms with Gasteiger partial charge in [0.2, 0.25) is 0 Å². The molecule has 1 heterocycles. The van der Waals surface area contributed by atoms with Crippen LogP contribution in [0.5, 0.6) is 0 Å². The predicted molar refractivity (Wildman–Crippen MR) is 124 cm³/mol. The average molecular weight is 475 g/mol. The number of alkyl carbamates (subject to hydrolysis) is 1. The molecule has 3 rings (SSSR count). The summed E-state index contributed by atoms with van der Waals surface area (Å²) >= 11 is 0. The molecule has 2 aromatic rings. The molecule has 1 saturated heterocycles. The first-order valence-electron chi connectivity index (χ1n) is 10.3. The summed E-state index contributed by atoms with van der Waals surface area (Å²) < 4.78 is 38.3. The number of carbonyl (C=O) groups is 2. The fourth-order valence-corrected chi connectivity index (χ4v) is 5.01. The van der Waals surface area contributed by atoms with Gasteiger partial charge < -0.3 is 9.47 Å². The van der Waals surface area contributed by atoms with Gasteiger partial charge in [-0.3, -0.25) is 24.1 Å². The van der Waals surface area contributed by atoms with Crippen molar-refractivity contribution in [2.24, 2.45) is 0 Å². The summed E-state index contributed by atoms with van der Waals surface area (Å²) in [4.78, 5) is 22.8. The first-order valence-corrected chi connectivity index (χ1v) is 11.7. The molecular weight excluding hydrogens is 448 g/mol. The molecule has 0 radical (unpaired) electrons. The molecule has 10 nitrogen and oxygen atoms in total. The van der Waals surface area contributed by atoms with Crippen molar-refractivity contribution >= 4 is 39.5 Å². The molecule has 1 aliphatic heterocycles. The van der Waals surface area contributed by atoms with E-state index in [1.165, 1.54) is 15.7 Å². The summed E-state index contributed by atoms with van der Waals surface area (Å²) in [6.07, 6.45) is 0.0488. The number of esters is 1. The van der Waals surface area contributed by atoms with E-state index < -0.39 is 16.3 Å². The number of anilines is 2. The maximum absolute atomic E-state index is 13.1. The van der Waals surface area contributed by atoms with Gasteiger partial charge in [0.1, 0.15) is 5.84 Å². The van der Waals surface area contributed by atoms with Crippen molar-refractivity contribution in [3.8, 4) is 0 Å². The van der Waals surface area contributed by atoms with Crippen LogP contribution in [-0.4, -0.2) is 53.1 Å². The van der Waals surface area contributed by atoms with Gasteiger partial charge >= 0.3 is 22.3 Å². The second-order valence-corrected chi connectivity index (χ2v) is 8.94. The number of methoxy groups -OCH3 is 1. The van der Waals surface area contributed by atoms with E-state index in [2.05, 4.69) is 10.1 Å². The zero-order chi connectivity index (χ0) is 24.0. The van der Waals surface area contributed by atoms with Crippen LogP contribution in [0.25, 0.3) is 0 Å². The number of hydrogen-bond acceptors (Lipinski definition) is 7. The van der Waals surface area contributed by atoms with E-state index in [4.69, 9.17) is 10.1 Å². The van der Waals surface area contributed by atoms with Gasteiger partial charge in [-0.1, -0.05) is 12.1 Å². The van der Waals surface area contributed by atoms with Crippen LogP contribution >= 0.6 is 0 Å². The highest BCUT2D eigenvalue weighted by Crippen LogP contribution is 2.30. The average Bonchev–Trinajstić information content (AvgIpc) is 3.12. The van der Waals surface area contributed by atoms with Crippen molar-refractivity contribution in [1.82, 2.24) is 5.32 Å². The number of carbonyl (C=O) groups excluding carboxylic acids is 2. The van der Waals surface area contributed by atoms with Crippen molar-refractivity contribution < 1.29 is 27.5 Å². The molecule has 0 aliphatic carbocycles. The molecule has 2 aromatic carbocycles. The Kier molecular flexibility index (Phi) is 7.54. The van der Waals surface area contributed by atoms with Crippen molar-refractivity contribution in [2.45, 2.75) is 19.8 Å². The van der Waals surface area contributed by atoms with Crippen molar-refractivity contribution in [2.75, 3.05) is 35.4 Å². The van der Waals surface area contributed by atoms with Gasteiger partial charge in [0.25, 0.3) is 0 Å². The van der Waals surface area contributed by atoms with Crippen LogP contribution in [0.1, 0.15) is 24.5 Å². The van der Waals surface area contributed by atoms with Crippen molar-refractivity contribution in [3.63, 3.8) is 0 Å². The number of benzene rings is 2. The number of ether oxygens (including phenoxy) is 2. The number of aryl methyl sites for hydroxylation is 1. The topological polar surface area (TPSA) is 129 Å². The molecule has 2 N–H and O–H groups in total. The molecule has 0 atom stereocenters. The molecule has 11 heteroatoms. The predicted octanol–water partition coefficient (Wildman–Crippen LogP) is 2.44. The summed E-state index contributed by atoms with van der Waals surface area (Å²) in [6, 6.07) is 13.4. The summed E-state index contributed by atoms with van der Waals surface area (Å²) in [5.41, 5.74) is 2.33. The first kappa shape index (κ1) is 24.1. The zero-order valence-corrected chi connectivity index (χ0v) is 19.2. The smallest absolute Gasteiger partial charge is 0.412 e. The molecule has 1 aliphatic rings. The third kappa shape index (κ3) is 5.61. The summed E-state index contributed by atoms with van der Waals surface area (Å²) in [5.74, 6) is -0.437. The second kappa shape index (κ2) is 10.3. The molecule has 0 aromatic heterocycles. The Balaban J connectivity index is 1.69. The SMILES string of the molecule is CCOC(=O)NC(=N)c1ccc(N2CCN(c3ccc(CCC(=O)OC)cc3)S2(=O)=O)cc1. The standard InChI is InChI=1S/C22H26N4O6S/c1-3-32-22(28)24-21(23)17-7-11-19(12-8-17)26-15-14-25(33(26,29)30)18-9-4-16(5-10-18)6-13-20(27)31-2/h4-5,7-12H,3,6,13-15H2,1-2H3,(H2,23,24,28).